The van der Waals surface area contributed by atoms with Crippen LogP contribution in [0.15, 0.2) is 29.4 Å². The van der Waals surface area contributed by atoms with E-state index < -0.39 is 0 Å². The smallest absolute Gasteiger partial charge is 0.128 e. The molecule has 1 heterocycles. The van der Waals surface area contributed by atoms with E-state index >= 15 is 0 Å². The predicted octanol–water partition coefficient (Wildman–Crippen LogP) is 2.62. The Labute approximate surface area is 121 Å². The molecule has 4 nitrogen and oxygen atoms in total. The predicted molar refractivity (Wildman–Crippen MR) is 83.2 cm³/mol. The third-order valence-electron chi connectivity index (χ3n) is 3.71. The molecule has 0 saturated carbocycles. The van der Waals surface area contributed by atoms with E-state index in [9.17, 15) is 0 Å². The zero-order chi connectivity index (χ0) is 14.0. The van der Waals surface area contributed by atoms with Gasteiger partial charge in [0.15, 0.2) is 0 Å². The number of rotatable bonds is 7. The van der Waals surface area contributed by atoms with Crippen LogP contribution in [0.3, 0.4) is 0 Å². The van der Waals surface area contributed by atoms with E-state index in [1.165, 1.54) is 45.3 Å². The van der Waals surface area contributed by atoms with Gasteiger partial charge in [-0.2, -0.15) is 5.10 Å². The van der Waals surface area contributed by atoms with Crippen molar-refractivity contribution in [3.63, 3.8) is 0 Å². The highest BCUT2D eigenvalue weighted by Crippen LogP contribution is 2.16. The summed E-state index contributed by atoms with van der Waals surface area (Å²) in [6, 6.07) is 7.85. The minimum Gasteiger partial charge on any atom is -0.493 e. The number of likely N-dealkylation sites (tertiary alicyclic amines) is 1. The molecule has 1 aliphatic heterocycles. The molecule has 2 N–H and O–H groups in total. The SMILES string of the molecule is NN=Cc1ccccc1OCCCCN1CCCCC1. The van der Waals surface area contributed by atoms with Crippen molar-refractivity contribution in [2.75, 3.05) is 26.2 Å². The molecule has 4 heteroatoms. The topological polar surface area (TPSA) is 50.9 Å². The summed E-state index contributed by atoms with van der Waals surface area (Å²) < 4.78 is 5.81. The highest BCUT2D eigenvalue weighted by atomic mass is 16.5. The molecule has 2 rings (SSSR count). The number of piperidine rings is 1. The van der Waals surface area contributed by atoms with Gasteiger partial charge in [0.05, 0.1) is 12.8 Å². The number of para-hydroxylation sites is 1. The summed E-state index contributed by atoms with van der Waals surface area (Å²) in [5.74, 6) is 6.06. The molecule has 110 valence electrons. The Balaban J connectivity index is 1.65. The molecule has 1 aromatic rings. The first-order valence-electron chi connectivity index (χ1n) is 7.57. The van der Waals surface area contributed by atoms with Crippen molar-refractivity contribution in [3.05, 3.63) is 29.8 Å². The molecule has 0 aromatic heterocycles. The molecule has 0 atom stereocenters. The van der Waals surface area contributed by atoms with Gasteiger partial charge in [0.2, 0.25) is 0 Å². The summed E-state index contributed by atoms with van der Waals surface area (Å²) in [5, 5.41) is 3.56. The van der Waals surface area contributed by atoms with E-state index in [0.29, 0.717) is 0 Å². The number of nitrogens with zero attached hydrogens (tertiary/aromatic N) is 2. The molecule has 0 bridgehead atoms. The summed E-state index contributed by atoms with van der Waals surface area (Å²) in [7, 11) is 0. The fourth-order valence-electron chi connectivity index (χ4n) is 2.60. The van der Waals surface area contributed by atoms with Crippen molar-refractivity contribution in [3.8, 4) is 5.75 Å². The number of benzene rings is 1. The third-order valence-corrected chi connectivity index (χ3v) is 3.71. The monoisotopic (exact) mass is 275 g/mol. The lowest BCUT2D eigenvalue weighted by atomic mass is 10.1. The van der Waals surface area contributed by atoms with E-state index in [4.69, 9.17) is 10.6 Å². The van der Waals surface area contributed by atoms with Crippen molar-refractivity contribution < 1.29 is 4.74 Å². The van der Waals surface area contributed by atoms with Gasteiger partial charge >= 0.3 is 0 Å². The van der Waals surface area contributed by atoms with Crippen LogP contribution in [0.2, 0.25) is 0 Å². The van der Waals surface area contributed by atoms with Crippen LogP contribution in [0.1, 0.15) is 37.7 Å². The van der Waals surface area contributed by atoms with Gasteiger partial charge in [-0.25, -0.2) is 0 Å². The first-order valence-corrected chi connectivity index (χ1v) is 7.57. The van der Waals surface area contributed by atoms with Gasteiger partial charge in [0, 0.05) is 5.56 Å². The highest BCUT2D eigenvalue weighted by molar-refractivity contribution is 5.83. The molecule has 1 saturated heterocycles. The minimum atomic E-state index is 0.753. The third kappa shape index (κ3) is 4.85. The standard InChI is InChI=1S/C16H25N3O/c17-18-14-15-8-2-3-9-16(15)20-13-7-6-12-19-10-4-1-5-11-19/h2-3,8-9,14H,1,4-7,10-13,17H2. The maximum atomic E-state index is 5.81. The van der Waals surface area contributed by atoms with E-state index in [1.54, 1.807) is 6.21 Å². The second kappa shape index (κ2) is 8.59. The van der Waals surface area contributed by atoms with Crippen LogP contribution < -0.4 is 10.6 Å². The Morgan fingerprint density at radius 3 is 2.75 bits per heavy atom. The second-order valence-electron chi connectivity index (χ2n) is 5.27. The summed E-state index contributed by atoms with van der Waals surface area (Å²) in [6.45, 7) is 4.51. The second-order valence-corrected chi connectivity index (χ2v) is 5.27. The highest BCUT2D eigenvalue weighted by Gasteiger charge is 2.08. The quantitative estimate of drug-likeness (QED) is 0.360. The lowest BCUT2D eigenvalue weighted by molar-refractivity contribution is 0.216. The molecular formula is C16H25N3O. The molecule has 0 aliphatic carbocycles. The molecule has 0 unspecified atom stereocenters. The van der Waals surface area contributed by atoms with Crippen molar-refractivity contribution >= 4 is 6.21 Å². The normalized spacial score (nSPS) is 16.6. The largest absolute Gasteiger partial charge is 0.493 e. The maximum absolute atomic E-state index is 5.81. The molecule has 1 fully saturated rings. The molecule has 1 aliphatic rings. The molecule has 20 heavy (non-hydrogen) atoms. The molecular weight excluding hydrogens is 250 g/mol. The van der Waals surface area contributed by atoms with Gasteiger partial charge in [0.1, 0.15) is 5.75 Å². The number of unbranched alkanes of at least 4 members (excludes halogenated alkanes) is 1. The summed E-state index contributed by atoms with van der Waals surface area (Å²) in [5.41, 5.74) is 0.936. The summed E-state index contributed by atoms with van der Waals surface area (Å²) in [6.07, 6.45) is 8.05. The number of hydrogen-bond donors (Lipinski definition) is 1. The van der Waals surface area contributed by atoms with Gasteiger partial charge < -0.3 is 15.5 Å². The van der Waals surface area contributed by atoms with Crippen LogP contribution in [0.4, 0.5) is 0 Å². The zero-order valence-electron chi connectivity index (χ0n) is 12.1. The van der Waals surface area contributed by atoms with E-state index in [0.717, 1.165) is 24.3 Å². The Bertz CT molecular complexity index is 414. The summed E-state index contributed by atoms with van der Waals surface area (Å²) >= 11 is 0. The van der Waals surface area contributed by atoms with Gasteiger partial charge in [-0.15, -0.1) is 0 Å². The van der Waals surface area contributed by atoms with Crippen LogP contribution in [-0.4, -0.2) is 37.4 Å². The molecule has 0 radical (unpaired) electrons. The minimum absolute atomic E-state index is 0.753. The summed E-state index contributed by atoms with van der Waals surface area (Å²) in [4.78, 5) is 2.57. The van der Waals surface area contributed by atoms with Crippen LogP contribution in [0.5, 0.6) is 5.75 Å². The first kappa shape index (κ1) is 14.9. The van der Waals surface area contributed by atoms with Gasteiger partial charge in [-0.1, -0.05) is 18.6 Å². The van der Waals surface area contributed by atoms with Crippen molar-refractivity contribution in [1.29, 1.82) is 0 Å². The van der Waals surface area contributed by atoms with Gasteiger partial charge in [-0.3, -0.25) is 0 Å². The maximum Gasteiger partial charge on any atom is 0.128 e. The first-order chi connectivity index (χ1) is 9.90. The Hall–Kier alpha value is -1.55. The van der Waals surface area contributed by atoms with E-state index in [-0.39, 0.29) is 0 Å². The van der Waals surface area contributed by atoms with Crippen LogP contribution in [0.25, 0.3) is 0 Å². The lowest BCUT2D eigenvalue weighted by Gasteiger charge is -2.26. The fraction of sp³-hybridized carbons (Fsp3) is 0.562. The Morgan fingerprint density at radius 1 is 1.15 bits per heavy atom. The zero-order valence-corrected chi connectivity index (χ0v) is 12.1. The average Bonchev–Trinajstić information content (AvgIpc) is 2.50. The molecule has 1 aromatic carbocycles. The van der Waals surface area contributed by atoms with E-state index in [1.807, 2.05) is 24.3 Å². The average molecular weight is 275 g/mol. The van der Waals surface area contributed by atoms with Crippen molar-refractivity contribution in [1.82, 2.24) is 4.90 Å². The van der Waals surface area contributed by atoms with Gasteiger partial charge in [-0.05, 0) is 57.5 Å². The Kier molecular flexibility index (Phi) is 6.38. The van der Waals surface area contributed by atoms with Crippen LogP contribution in [-0.2, 0) is 0 Å². The van der Waals surface area contributed by atoms with Gasteiger partial charge in [0.25, 0.3) is 0 Å². The number of hydrogen-bond acceptors (Lipinski definition) is 4. The molecule has 0 amide bonds. The van der Waals surface area contributed by atoms with E-state index in [2.05, 4.69) is 10.0 Å². The van der Waals surface area contributed by atoms with Crippen LogP contribution in [0, 0.1) is 0 Å². The van der Waals surface area contributed by atoms with Crippen molar-refractivity contribution in [2.45, 2.75) is 32.1 Å². The van der Waals surface area contributed by atoms with Crippen molar-refractivity contribution in [2.24, 2.45) is 10.9 Å². The fourth-order valence-corrected chi connectivity index (χ4v) is 2.60. The number of hydrazone groups is 1. The lowest BCUT2D eigenvalue weighted by Crippen LogP contribution is -2.30. The number of nitrogens with two attached hydrogens (primary N) is 1. The Morgan fingerprint density at radius 2 is 1.95 bits per heavy atom. The van der Waals surface area contributed by atoms with Crippen LogP contribution >= 0.6 is 0 Å². The molecule has 0 spiro atoms. The number of ether oxygens (including phenoxy) is 1.